The zero-order chi connectivity index (χ0) is 13.6. The van der Waals surface area contributed by atoms with E-state index in [2.05, 4.69) is 21.2 Å². The van der Waals surface area contributed by atoms with Crippen LogP contribution in [0.15, 0.2) is 16.6 Å². The lowest BCUT2D eigenvalue weighted by molar-refractivity contribution is -0.384. The van der Waals surface area contributed by atoms with E-state index in [1.807, 2.05) is 0 Å². The van der Waals surface area contributed by atoms with Gasteiger partial charge in [0.05, 0.1) is 15.5 Å². The van der Waals surface area contributed by atoms with Gasteiger partial charge in [0.2, 0.25) is 0 Å². The van der Waals surface area contributed by atoms with Crippen molar-refractivity contribution in [3.05, 3.63) is 32.5 Å². The summed E-state index contributed by atoms with van der Waals surface area (Å²) >= 11 is 3.07. The van der Waals surface area contributed by atoms with Crippen LogP contribution < -0.4 is 5.32 Å². The molecule has 102 valence electrons. The monoisotopic (exact) mass is 328 g/mol. The molecule has 0 aromatic heterocycles. The van der Waals surface area contributed by atoms with Crippen molar-refractivity contribution in [3.63, 3.8) is 0 Å². The smallest absolute Gasteiger partial charge is 0.295 e. The van der Waals surface area contributed by atoms with E-state index in [9.17, 15) is 14.5 Å². The number of rotatable bonds is 5. The molecule has 0 amide bonds. The molecule has 6 heteroatoms. The van der Waals surface area contributed by atoms with Crippen LogP contribution in [0.5, 0.6) is 0 Å². The Hall–Kier alpha value is -1.17. The standard InChI is InChI=1S/C13H14BrFN2O2/c14-9-5-11(12(17(18)19)6-10(9)15)16-7-13(3-4-13)8-1-2-8/h5-6,8,16H,1-4,7H2. The Morgan fingerprint density at radius 2 is 2.16 bits per heavy atom. The molecule has 0 aliphatic heterocycles. The molecule has 2 aliphatic carbocycles. The molecule has 0 heterocycles. The highest BCUT2D eigenvalue weighted by atomic mass is 79.9. The van der Waals surface area contributed by atoms with Gasteiger partial charge in [0, 0.05) is 6.54 Å². The van der Waals surface area contributed by atoms with E-state index in [4.69, 9.17) is 0 Å². The molecule has 0 unspecified atom stereocenters. The van der Waals surface area contributed by atoms with Crippen LogP contribution in [0.2, 0.25) is 0 Å². The normalized spacial score (nSPS) is 20.1. The molecular formula is C13H14BrFN2O2. The number of anilines is 1. The van der Waals surface area contributed by atoms with E-state index >= 15 is 0 Å². The zero-order valence-corrected chi connectivity index (χ0v) is 11.9. The van der Waals surface area contributed by atoms with Gasteiger partial charge in [0.1, 0.15) is 11.5 Å². The number of nitrogens with zero attached hydrogens (tertiary/aromatic N) is 1. The van der Waals surface area contributed by atoms with Crippen LogP contribution in [-0.2, 0) is 0 Å². The maximum atomic E-state index is 13.4. The van der Waals surface area contributed by atoms with Crippen LogP contribution in [0.1, 0.15) is 25.7 Å². The Bertz CT molecular complexity index is 542. The number of nitrogens with one attached hydrogen (secondary N) is 1. The molecule has 1 aromatic carbocycles. The highest BCUT2D eigenvalue weighted by molar-refractivity contribution is 9.10. The molecule has 0 radical (unpaired) electrons. The minimum atomic E-state index is -0.611. The minimum absolute atomic E-state index is 0.202. The van der Waals surface area contributed by atoms with Gasteiger partial charge in [-0.1, -0.05) is 0 Å². The first-order valence-electron chi connectivity index (χ1n) is 6.39. The number of benzene rings is 1. The van der Waals surface area contributed by atoms with Gasteiger partial charge in [-0.05, 0) is 59.0 Å². The van der Waals surface area contributed by atoms with E-state index in [1.54, 1.807) is 0 Å². The second-order valence-corrected chi connectivity index (χ2v) is 6.39. The van der Waals surface area contributed by atoms with Crippen LogP contribution in [0, 0.1) is 27.3 Å². The molecule has 0 atom stereocenters. The molecular weight excluding hydrogens is 315 g/mol. The fourth-order valence-electron chi connectivity index (χ4n) is 2.69. The van der Waals surface area contributed by atoms with Crippen LogP contribution in [0.3, 0.4) is 0 Å². The van der Waals surface area contributed by atoms with Gasteiger partial charge in [-0.25, -0.2) is 4.39 Å². The first kappa shape index (κ1) is 12.8. The average Bonchev–Trinajstić information content (AvgIpc) is 3.23. The molecule has 3 rings (SSSR count). The number of nitro benzene ring substituents is 1. The lowest BCUT2D eigenvalue weighted by Gasteiger charge is -2.16. The molecule has 1 N–H and O–H groups in total. The van der Waals surface area contributed by atoms with Crippen molar-refractivity contribution in [2.24, 2.45) is 11.3 Å². The van der Waals surface area contributed by atoms with Crippen molar-refractivity contribution in [3.8, 4) is 0 Å². The van der Waals surface area contributed by atoms with Crippen molar-refractivity contribution in [2.75, 3.05) is 11.9 Å². The lowest BCUT2D eigenvalue weighted by Crippen LogP contribution is -2.18. The molecule has 4 nitrogen and oxygen atoms in total. The number of hydrogen-bond donors (Lipinski definition) is 1. The quantitative estimate of drug-likeness (QED) is 0.654. The molecule has 2 aliphatic rings. The third-order valence-electron chi connectivity index (χ3n) is 4.20. The molecule has 2 fully saturated rings. The Balaban J connectivity index is 1.79. The summed E-state index contributed by atoms with van der Waals surface area (Å²) in [5.41, 5.74) is 0.534. The average molecular weight is 329 g/mol. The van der Waals surface area contributed by atoms with Gasteiger partial charge in [-0.2, -0.15) is 0 Å². The number of halogens is 2. The van der Waals surface area contributed by atoms with Crippen LogP contribution >= 0.6 is 15.9 Å². The third-order valence-corrected chi connectivity index (χ3v) is 4.81. The van der Waals surface area contributed by atoms with Crippen molar-refractivity contribution < 1.29 is 9.31 Å². The Morgan fingerprint density at radius 1 is 1.47 bits per heavy atom. The number of hydrogen-bond acceptors (Lipinski definition) is 3. The summed E-state index contributed by atoms with van der Waals surface area (Å²) in [5.74, 6) is 0.170. The summed E-state index contributed by atoms with van der Waals surface area (Å²) in [7, 11) is 0. The van der Waals surface area contributed by atoms with Crippen molar-refractivity contribution in [1.82, 2.24) is 0 Å². The van der Waals surface area contributed by atoms with E-state index in [1.165, 1.54) is 31.7 Å². The zero-order valence-electron chi connectivity index (χ0n) is 10.3. The third kappa shape index (κ3) is 2.45. The van der Waals surface area contributed by atoms with E-state index in [0.717, 1.165) is 18.5 Å². The second-order valence-electron chi connectivity index (χ2n) is 5.53. The summed E-state index contributed by atoms with van der Waals surface area (Å²) in [4.78, 5) is 10.4. The van der Waals surface area contributed by atoms with Crippen molar-refractivity contribution >= 4 is 27.3 Å². The van der Waals surface area contributed by atoms with Crippen molar-refractivity contribution in [1.29, 1.82) is 0 Å². The maximum absolute atomic E-state index is 13.4. The summed E-state index contributed by atoms with van der Waals surface area (Å²) < 4.78 is 13.6. The minimum Gasteiger partial charge on any atom is -0.379 e. The topological polar surface area (TPSA) is 55.2 Å². The summed E-state index contributed by atoms with van der Waals surface area (Å²) in [6.45, 7) is 0.747. The largest absolute Gasteiger partial charge is 0.379 e. The fraction of sp³-hybridized carbons (Fsp3) is 0.538. The Labute approximate surface area is 118 Å². The van der Waals surface area contributed by atoms with E-state index in [0.29, 0.717) is 11.1 Å². The van der Waals surface area contributed by atoms with Gasteiger partial charge in [0.15, 0.2) is 0 Å². The highest BCUT2D eigenvalue weighted by Gasteiger charge is 2.53. The van der Waals surface area contributed by atoms with Gasteiger partial charge in [0.25, 0.3) is 5.69 Å². The molecule has 19 heavy (non-hydrogen) atoms. The van der Waals surface area contributed by atoms with Crippen molar-refractivity contribution in [2.45, 2.75) is 25.7 Å². The summed E-state index contributed by atoms with van der Waals surface area (Å²) in [6, 6.07) is 2.42. The Morgan fingerprint density at radius 3 is 2.68 bits per heavy atom. The molecule has 0 spiro atoms. The summed E-state index contributed by atoms with van der Waals surface area (Å²) in [5, 5.41) is 14.1. The lowest BCUT2D eigenvalue weighted by atomic mass is 10.0. The number of nitro groups is 1. The van der Waals surface area contributed by atoms with Gasteiger partial charge in [-0.3, -0.25) is 10.1 Å². The predicted octanol–water partition coefficient (Wildman–Crippen LogP) is 4.10. The first-order chi connectivity index (χ1) is 9.02. The summed E-state index contributed by atoms with van der Waals surface area (Å²) in [6.07, 6.45) is 4.94. The molecule has 2 saturated carbocycles. The van der Waals surface area contributed by atoms with E-state index < -0.39 is 10.7 Å². The highest BCUT2D eigenvalue weighted by Crippen LogP contribution is 2.61. The molecule has 0 saturated heterocycles. The maximum Gasteiger partial charge on any atom is 0.295 e. The molecule has 1 aromatic rings. The van der Waals surface area contributed by atoms with Crippen LogP contribution in [0.4, 0.5) is 15.8 Å². The Kier molecular flexibility index (Phi) is 3.00. The SMILES string of the molecule is O=[N+]([O-])c1cc(F)c(Br)cc1NCC1(C2CC2)CC1. The van der Waals surface area contributed by atoms with Crippen LogP contribution in [-0.4, -0.2) is 11.5 Å². The van der Waals surface area contributed by atoms with Gasteiger partial charge < -0.3 is 5.32 Å². The second kappa shape index (κ2) is 4.44. The van der Waals surface area contributed by atoms with E-state index in [-0.39, 0.29) is 10.2 Å². The predicted molar refractivity (Wildman–Crippen MR) is 73.6 cm³/mol. The molecule has 0 bridgehead atoms. The van der Waals surface area contributed by atoms with Gasteiger partial charge >= 0.3 is 0 Å². The first-order valence-corrected chi connectivity index (χ1v) is 7.18. The van der Waals surface area contributed by atoms with Crippen LogP contribution in [0.25, 0.3) is 0 Å². The van der Waals surface area contributed by atoms with Gasteiger partial charge in [-0.15, -0.1) is 0 Å². The fourth-order valence-corrected chi connectivity index (χ4v) is 3.03.